The van der Waals surface area contributed by atoms with Gasteiger partial charge in [0.25, 0.3) is 0 Å². The lowest BCUT2D eigenvalue weighted by Gasteiger charge is -2.08. The van der Waals surface area contributed by atoms with Crippen LogP contribution in [0.25, 0.3) is 21.7 Å². The van der Waals surface area contributed by atoms with Crippen LogP contribution in [0.3, 0.4) is 0 Å². The Labute approximate surface area is 126 Å². The molecule has 1 heterocycles. The molecule has 1 aromatic heterocycles. The maximum absolute atomic E-state index is 8.21. The van der Waals surface area contributed by atoms with Crippen LogP contribution < -0.4 is 0 Å². The molecule has 0 fully saturated rings. The Bertz CT molecular complexity index is 587. The largest absolute Gasteiger partial charge is 0.264 e. The number of aromatic nitrogens is 2. The summed E-state index contributed by atoms with van der Waals surface area (Å²) in [5, 5.41) is 7.95. The summed E-state index contributed by atoms with van der Waals surface area (Å²) in [6, 6.07) is 10.2. The van der Waals surface area contributed by atoms with Crippen LogP contribution in [0.15, 0.2) is 46.1 Å². The lowest BCUT2D eigenvalue weighted by molar-refractivity contribution is 0.551. The Hall–Kier alpha value is -1.78. The molecular weight excluding hydrogens is 318 g/mol. The lowest BCUT2D eigenvalue weighted by atomic mass is 10.1. The molecule has 2 aromatic rings. The predicted octanol–water partition coefficient (Wildman–Crippen LogP) is 4.79. The van der Waals surface area contributed by atoms with Crippen LogP contribution >= 0.6 is 15.9 Å². The van der Waals surface area contributed by atoms with E-state index in [1.54, 1.807) is 0 Å². The van der Waals surface area contributed by atoms with Gasteiger partial charge in [0.2, 0.25) is 0 Å². The molecule has 0 aliphatic rings. The molecule has 0 spiro atoms. The highest BCUT2D eigenvalue weighted by Crippen LogP contribution is 2.28. The molecule has 0 atom stereocenters. The van der Waals surface area contributed by atoms with E-state index in [1.807, 2.05) is 29.1 Å². The monoisotopic (exact) mass is 333 g/mol. The van der Waals surface area contributed by atoms with Gasteiger partial charge in [0, 0.05) is 23.6 Å². The van der Waals surface area contributed by atoms with Gasteiger partial charge < -0.3 is 0 Å². The number of hydrogen-bond acceptors (Lipinski definition) is 2. The second-order valence-electron chi connectivity index (χ2n) is 4.45. The first-order chi connectivity index (χ1) is 9.83. The first-order valence-electron chi connectivity index (χ1n) is 6.60. The van der Waals surface area contributed by atoms with E-state index >= 15 is 0 Å². The SMILES string of the molecule is [N-]=[N+]=NCCCCCn1ncc(Br)c1-c1ccccc1. The van der Waals surface area contributed by atoms with Crippen LogP contribution in [0.4, 0.5) is 0 Å². The number of rotatable bonds is 7. The lowest BCUT2D eigenvalue weighted by Crippen LogP contribution is -2.02. The molecule has 0 aliphatic heterocycles. The van der Waals surface area contributed by atoms with Crippen molar-refractivity contribution in [1.29, 1.82) is 0 Å². The zero-order valence-corrected chi connectivity index (χ0v) is 12.7. The third kappa shape index (κ3) is 3.85. The highest BCUT2D eigenvalue weighted by atomic mass is 79.9. The van der Waals surface area contributed by atoms with E-state index < -0.39 is 0 Å². The van der Waals surface area contributed by atoms with Gasteiger partial charge >= 0.3 is 0 Å². The highest BCUT2D eigenvalue weighted by molar-refractivity contribution is 9.10. The van der Waals surface area contributed by atoms with Crippen molar-refractivity contribution in [3.05, 3.63) is 51.4 Å². The minimum atomic E-state index is 0.574. The van der Waals surface area contributed by atoms with E-state index in [-0.39, 0.29) is 0 Å². The molecule has 2 rings (SSSR count). The van der Waals surface area contributed by atoms with Gasteiger partial charge in [-0.05, 0) is 34.3 Å². The van der Waals surface area contributed by atoms with Gasteiger partial charge in [-0.15, -0.1) is 0 Å². The Morgan fingerprint density at radius 3 is 2.75 bits per heavy atom. The van der Waals surface area contributed by atoms with Crippen molar-refractivity contribution in [2.45, 2.75) is 25.8 Å². The van der Waals surface area contributed by atoms with Crippen LogP contribution in [0.5, 0.6) is 0 Å². The smallest absolute Gasteiger partial charge is 0.0824 e. The zero-order valence-electron chi connectivity index (χ0n) is 11.1. The molecule has 0 N–H and O–H groups in total. The first-order valence-corrected chi connectivity index (χ1v) is 7.40. The van der Waals surface area contributed by atoms with Crippen molar-refractivity contribution >= 4 is 15.9 Å². The molecule has 0 bridgehead atoms. The van der Waals surface area contributed by atoms with Crippen molar-refractivity contribution in [1.82, 2.24) is 9.78 Å². The molecule has 6 heteroatoms. The van der Waals surface area contributed by atoms with Crippen molar-refractivity contribution < 1.29 is 0 Å². The Morgan fingerprint density at radius 1 is 1.20 bits per heavy atom. The van der Waals surface area contributed by atoms with Gasteiger partial charge in [0.1, 0.15) is 0 Å². The molecule has 20 heavy (non-hydrogen) atoms. The fourth-order valence-electron chi connectivity index (χ4n) is 2.08. The van der Waals surface area contributed by atoms with Crippen molar-refractivity contribution in [3.63, 3.8) is 0 Å². The van der Waals surface area contributed by atoms with Gasteiger partial charge in [-0.2, -0.15) is 5.10 Å². The minimum Gasteiger partial charge on any atom is -0.264 e. The van der Waals surface area contributed by atoms with Crippen molar-refractivity contribution in [2.75, 3.05) is 6.54 Å². The van der Waals surface area contributed by atoms with Crippen LogP contribution in [-0.2, 0) is 6.54 Å². The summed E-state index contributed by atoms with van der Waals surface area (Å²) in [7, 11) is 0. The van der Waals surface area contributed by atoms with E-state index in [4.69, 9.17) is 5.53 Å². The summed E-state index contributed by atoms with van der Waals surface area (Å²) in [6.45, 7) is 1.44. The van der Waals surface area contributed by atoms with Crippen LogP contribution in [-0.4, -0.2) is 16.3 Å². The fraction of sp³-hybridized carbons (Fsp3) is 0.357. The molecule has 0 saturated heterocycles. The van der Waals surface area contributed by atoms with Crippen LogP contribution in [0.2, 0.25) is 0 Å². The minimum absolute atomic E-state index is 0.574. The maximum atomic E-state index is 8.21. The normalized spacial score (nSPS) is 10.2. The van der Waals surface area contributed by atoms with Gasteiger partial charge in [-0.3, -0.25) is 4.68 Å². The van der Waals surface area contributed by atoms with Crippen LogP contribution in [0, 0.1) is 0 Å². The Kier molecular flexibility index (Phi) is 5.65. The topological polar surface area (TPSA) is 66.6 Å². The zero-order chi connectivity index (χ0) is 14.2. The summed E-state index contributed by atoms with van der Waals surface area (Å²) in [4.78, 5) is 2.75. The average molecular weight is 334 g/mol. The molecule has 0 aliphatic carbocycles. The number of halogens is 1. The second kappa shape index (κ2) is 7.72. The summed E-state index contributed by atoms with van der Waals surface area (Å²) >= 11 is 3.56. The molecule has 0 unspecified atom stereocenters. The van der Waals surface area contributed by atoms with Gasteiger partial charge in [0.05, 0.1) is 16.4 Å². The molecule has 0 amide bonds. The standard InChI is InChI=1S/C14H16BrN5/c15-13-11-18-20(10-6-2-5-9-17-19-16)14(13)12-7-3-1-4-8-12/h1,3-4,7-8,11H,2,5-6,9-10H2. The molecule has 5 nitrogen and oxygen atoms in total. The Balaban J connectivity index is 1.97. The summed E-state index contributed by atoms with van der Waals surface area (Å²) < 4.78 is 3.03. The highest BCUT2D eigenvalue weighted by Gasteiger charge is 2.10. The van der Waals surface area contributed by atoms with E-state index in [0.717, 1.165) is 41.5 Å². The van der Waals surface area contributed by atoms with E-state index in [1.165, 1.54) is 0 Å². The first kappa shape index (κ1) is 14.6. The second-order valence-corrected chi connectivity index (χ2v) is 5.30. The molecule has 1 aromatic carbocycles. The Morgan fingerprint density at radius 2 is 2.00 bits per heavy atom. The van der Waals surface area contributed by atoms with Gasteiger partial charge in [-0.1, -0.05) is 41.9 Å². The number of benzene rings is 1. The van der Waals surface area contributed by atoms with Crippen molar-refractivity contribution in [3.8, 4) is 11.3 Å². The van der Waals surface area contributed by atoms with Gasteiger partial charge in [0.15, 0.2) is 0 Å². The summed E-state index contributed by atoms with van der Waals surface area (Å²) in [5.41, 5.74) is 10.5. The van der Waals surface area contributed by atoms with E-state index in [2.05, 4.69) is 43.2 Å². The fourth-order valence-corrected chi connectivity index (χ4v) is 2.61. The quantitative estimate of drug-likeness (QED) is 0.311. The number of azide groups is 1. The number of hydrogen-bond donors (Lipinski definition) is 0. The van der Waals surface area contributed by atoms with Gasteiger partial charge in [-0.25, -0.2) is 0 Å². The van der Waals surface area contributed by atoms with E-state index in [9.17, 15) is 0 Å². The molecule has 104 valence electrons. The number of unbranched alkanes of at least 4 members (excludes halogenated alkanes) is 2. The molecular formula is C14H16BrN5. The predicted molar refractivity (Wildman–Crippen MR) is 83.2 cm³/mol. The average Bonchev–Trinajstić information content (AvgIpc) is 2.84. The number of aryl methyl sites for hydroxylation is 1. The maximum Gasteiger partial charge on any atom is 0.0824 e. The summed E-state index contributed by atoms with van der Waals surface area (Å²) in [6.07, 6.45) is 4.81. The van der Waals surface area contributed by atoms with Crippen LogP contribution in [0.1, 0.15) is 19.3 Å². The van der Waals surface area contributed by atoms with Crippen molar-refractivity contribution in [2.24, 2.45) is 5.11 Å². The molecule has 0 saturated carbocycles. The summed E-state index contributed by atoms with van der Waals surface area (Å²) in [5.74, 6) is 0. The molecule has 0 radical (unpaired) electrons. The number of nitrogens with zero attached hydrogens (tertiary/aromatic N) is 5. The third-order valence-corrected chi connectivity index (χ3v) is 3.61. The third-order valence-electron chi connectivity index (χ3n) is 3.03. The van der Waals surface area contributed by atoms with E-state index in [0.29, 0.717) is 6.54 Å².